The Morgan fingerprint density at radius 1 is 1.42 bits per heavy atom. The molecule has 1 aliphatic heterocycles. The Bertz CT molecular complexity index is 533. The summed E-state index contributed by atoms with van der Waals surface area (Å²) in [5, 5.41) is 10.1. The molecule has 1 aromatic carbocycles. The van der Waals surface area contributed by atoms with E-state index in [-0.39, 0.29) is 24.8 Å². The maximum atomic E-state index is 12.1. The molecule has 0 saturated carbocycles. The van der Waals surface area contributed by atoms with Crippen LogP contribution in [0.4, 0.5) is 5.69 Å². The predicted octanol–water partition coefficient (Wildman–Crippen LogP) is -0.586. The molecule has 6 nitrogen and oxygen atoms in total. The molecule has 1 fully saturated rings. The number of hydrogen-bond acceptors (Lipinski definition) is 4. The lowest BCUT2D eigenvalue weighted by Gasteiger charge is -2.14. The largest absolute Gasteiger partial charge is 0.497 e. The quantitative estimate of drug-likeness (QED) is 0.579. The number of hydrogen-bond donors (Lipinski definition) is 1. The third-order valence-corrected chi connectivity index (χ3v) is 3.01. The van der Waals surface area contributed by atoms with Crippen molar-refractivity contribution in [3.8, 4) is 11.8 Å². The smallest absolute Gasteiger partial charge is 0.292 e. The van der Waals surface area contributed by atoms with Gasteiger partial charge in [-0.2, -0.15) is 5.26 Å². The summed E-state index contributed by atoms with van der Waals surface area (Å²) < 4.78 is 5.03. The van der Waals surface area contributed by atoms with Gasteiger partial charge in [0.05, 0.1) is 19.2 Å². The third-order valence-electron chi connectivity index (χ3n) is 3.01. The summed E-state index contributed by atoms with van der Waals surface area (Å²) in [7, 11) is 1.55. The van der Waals surface area contributed by atoms with Gasteiger partial charge in [-0.1, -0.05) is 0 Å². The number of rotatable bonds is 4. The summed E-state index contributed by atoms with van der Waals surface area (Å²) in [6.07, 6.45) is 0.131. The van der Waals surface area contributed by atoms with E-state index in [1.165, 1.54) is 0 Å². The lowest BCUT2D eigenvalue weighted by atomic mass is 10.2. The SMILES string of the molecule is COc1ccc(N2C(=O)C[C@H]([NH2+]CC#N)C2=O)cc1. The number of nitriles is 1. The predicted molar refractivity (Wildman–Crippen MR) is 66.3 cm³/mol. The van der Waals surface area contributed by atoms with Gasteiger partial charge in [-0.15, -0.1) is 0 Å². The first-order chi connectivity index (χ1) is 9.17. The van der Waals surface area contributed by atoms with Crippen LogP contribution >= 0.6 is 0 Å². The zero-order valence-electron chi connectivity index (χ0n) is 10.5. The minimum Gasteiger partial charge on any atom is -0.497 e. The number of anilines is 1. The number of methoxy groups -OCH3 is 1. The van der Waals surface area contributed by atoms with Crippen molar-refractivity contribution in [2.24, 2.45) is 0 Å². The van der Waals surface area contributed by atoms with Gasteiger partial charge in [0, 0.05) is 0 Å². The number of ether oxygens (including phenoxy) is 1. The van der Waals surface area contributed by atoms with E-state index in [0.29, 0.717) is 11.4 Å². The number of amides is 2. The molecule has 2 amide bonds. The topological polar surface area (TPSA) is 87.0 Å². The first kappa shape index (κ1) is 13.1. The molecule has 6 heteroatoms. The summed E-state index contributed by atoms with van der Waals surface area (Å²) in [6.45, 7) is 0.167. The molecule has 2 N–H and O–H groups in total. The average Bonchev–Trinajstić information content (AvgIpc) is 2.71. The fourth-order valence-corrected chi connectivity index (χ4v) is 2.04. The molecule has 1 saturated heterocycles. The molecule has 2 rings (SSSR count). The van der Waals surface area contributed by atoms with Crippen molar-refractivity contribution in [1.29, 1.82) is 5.26 Å². The summed E-state index contributed by atoms with van der Waals surface area (Å²) in [5.74, 6) is 0.148. The minimum atomic E-state index is -0.491. The second kappa shape index (κ2) is 5.50. The van der Waals surface area contributed by atoms with Crippen LogP contribution < -0.4 is 15.0 Å². The van der Waals surface area contributed by atoms with E-state index in [1.54, 1.807) is 36.7 Å². The van der Waals surface area contributed by atoms with Gasteiger partial charge in [0.25, 0.3) is 5.91 Å². The molecule has 1 aliphatic rings. The maximum Gasteiger partial charge on any atom is 0.292 e. The molecule has 0 aromatic heterocycles. The lowest BCUT2D eigenvalue weighted by Crippen LogP contribution is -2.91. The molecular formula is C13H14N3O3+. The standard InChI is InChI=1S/C13H13N3O3/c1-19-10-4-2-9(3-5-10)16-12(17)8-11(13(16)18)15-7-6-14/h2-5,11,15H,7-8H2,1H3/p+1/t11-/m0/s1. The van der Waals surface area contributed by atoms with Crippen LogP contribution in [0.2, 0.25) is 0 Å². The van der Waals surface area contributed by atoms with Gasteiger partial charge in [0.1, 0.15) is 11.8 Å². The summed E-state index contributed by atoms with van der Waals surface area (Å²) in [5.41, 5.74) is 0.531. The van der Waals surface area contributed by atoms with Crippen molar-refractivity contribution in [3.63, 3.8) is 0 Å². The van der Waals surface area contributed by atoms with Crippen LogP contribution in [0.15, 0.2) is 24.3 Å². The van der Waals surface area contributed by atoms with Crippen molar-refractivity contribution in [2.75, 3.05) is 18.6 Å². The van der Waals surface area contributed by atoms with E-state index in [1.807, 2.05) is 6.07 Å². The molecule has 98 valence electrons. The molecule has 0 aliphatic carbocycles. The van der Waals surface area contributed by atoms with Gasteiger partial charge in [-0.25, -0.2) is 4.90 Å². The van der Waals surface area contributed by atoms with Crippen molar-refractivity contribution >= 4 is 17.5 Å². The number of quaternary nitrogens is 1. The monoisotopic (exact) mass is 260 g/mol. The van der Waals surface area contributed by atoms with E-state index >= 15 is 0 Å². The van der Waals surface area contributed by atoms with E-state index in [4.69, 9.17) is 10.00 Å². The van der Waals surface area contributed by atoms with Crippen molar-refractivity contribution in [1.82, 2.24) is 0 Å². The molecule has 0 bridgehead atoms. The Hall–Kier alpha value is -2.39. The normalized spacial score (nSPS) is 18.5. The molecule has 0 radical (unpaired) electrons. The fraction of sp³-hybridized carbons (Fsp3) is 0.308. The average molecular weight is 260 g/mol. The van der Waals surface area contributed by atoms with Gasteiger partial charge >= 0.3 is 0 Å². The number of benzene rings is 1. The highest BCUT2D eigenvalue weighted by molar-refractivity contribution is 6.21. The maximum absolute atomic E-state index is 12.1. The summed E-state index contributed by atoms with van der Waals surface area (Å²) in [6, 6.07) is 8.18. The van der Waals surface area contributed by atoms with Gasteiger partial charge in [-0.05, 0) is 24.3 Å². The second-order valence-corrected chi connectivity index (χ2v) is 4.17. The minimum absolute atomic E-state index is 0.131. The number of nitrogens with two attached hydrogens (primary N) is 1. The van der Waals surface area contributed by atoms with Gasteiger partial charge < -0.3 is 10.1 Å². The van der Waals surface area contributed by atoms with Crippen LogP contribution in [0.25, 0.3) is 0 Å². The van der Waals surface area contributed by atoms with Crippen molar-refractivity contribution in [3.05, 3.63) is 24.3 Å². The lowest BCUT2D eigenvalue weighted by molar-refractivity contribution is -0.664. The van der Waals surface area contributed by atoms with E-state index in [2.05, 4.69) is 0 Å². The Labute approximate surface area is 110 Å². The number of carbonyl (C=O) groups is 2. The molecule has 0 unspecified atom stereocenters. The zero-order chi connectivity index (χ0) is 13.8. The molecule has 19 heavy (non-hydrogen) atoms. The first-order valence-electron chi connectivity index (χ1n) is 5.88. The molecular weight excluding hydrogens is 246 g/mol. The van der Waals surface area contributed by atoms with E-state index in [0.717, 1.165) is 4.90 Å². The van der Waals surface area contributed by atoms with Crippen LogP contribution in [-0.4, -0.2) is 31.5 Å². The zero-order valence-corrected chi connectivity index (χ0v) is 10.5. The highest BCUT2D eigenvalue weighted by Crippen LogP contribution is 2.24. The second-order valence-electron chi connectivity index (χ2n) is 4.17. The molecule has 1 atom stereocenters. The van der Waals surface area contributed by atoms with Crippen molar-refractivity contribution < 1.29 is 19.6 Å². The van der Waals surface area contributed by atoms with Crippen LogP contribution in [0, 0.1) is 11.3 Å². The Morgan fingerprint density at radius 2 is 2.11 bits per heavy atom. The Balaban J connectivity index is 2.17. The van der Waals surface area contributed by atoms with E-state index in [9.17, 15) is 9.59 Å². The Kier molecular flexibility index (Phi) is 3.78. The van der Waals surface area contributed by atoms with Gasteiger partial charge in [-0.3, -0.25) is 9.59 Å². The van der Waals surface area contributed by atoms with Crippen molar-refractivity contribution in [2.45, 2.75) is 12.5 Å². The van der Waals surface area contributed by atoms with E-state index < -0.39 is 6.04 Å². The van der Waals surface area contributed by atoms with Crippen LogP contribution in [0.5, 0.6) is 5.75 Å². The fourth-order valence-electron chi connectivity index (χ4n) is 2.04. The molecule has 1 aromatic rings. The molecule has 0 spiro atoms. The van der Waals surface area contributed by atoms with Crippen LogP contribution in [-0.2, 0) is 9.59 Å². The molecule has 1 heterocycles. The highest BCUT2D eigenvalue weighted by atomic mass is 16.5. The number of carbonyl (C=O) groups excluding carboxylic acids is 2. The first-order valence-corrected chi connectivity index (χ1v) is 5.88. The summed E-state index contributed by atoms with van der Waals surface area (Å²) in [4.78, 5) is 25.2. The van der Waals surface area contributed by atoms with Gasteiger partial charge in [0.15, 0.2) is 12.6 Å². The van der Waals surface area contributed by atoms with Gasteiger partial charge in [0.2, 0.25) is 5.91 Å². The third kappa shape index (κ3) is 2.56. The Morgan fingerprint density at radius 3 is 2.68 bits per heavy atom. The number of imide groups is 1. The van der Waals surface area contributed by atoms with Crippen LogP contribution in [0.3, 0.4) is 0 Å². The number of nitrogens with zero attached hydrogens (tertiary/aromatic N) is 2. The summed E-state index contributed by atoms with van der Waals surface area (Å²) >= 11 is 0. The van der Waals surface area contributed by atoms with Crippen LogP contribution in [0.1, 0.15) is 6.42 Å². The highest BCUT2D eigenvalue weighted by Gasteiger charge is 2.42.